The van der Waals surface area contributed by atoms with Crippen LogP contribution < -0.4 is 10.2 Å². The average Bonchev–Trinajstić information content (AvgIpc) is 3.61. The van der Waals surface area contributed by atoms with Crippen LogP contribution >= 0.6 is 22.9 Å². The second-order valence-corrected chi connectivity index (χ2v) is 12.9. The summed E-state index contributed by atoms with van der Waals surface area (Å²) in [4.78, 5) is 30.6. The summed E-state index contributed by atoms with van der Waals surface area (Å²) in [6, 6.07) is 3.72. The molecular weight excluding hydrogens is 634 g/mol. The number of rotatable bonds is 10. The van der Waals surface area contributed by atoms with Crippen molar-refractivity contribution in [2.75, 3.05) is 43.4 Å². The number of carboxylic acids is 1. The van der Waals surface area contributed by atoms with Crippen LogP contribution in [0.4, 0.5) is 34.3 Å². The molecule has 0 bridgehead atoms. The number of carboxylic acid groups (broad SMARTS) is 1. The van der Waals surface area contributed by atoms with E-state index in [0.29, 0.717) is 37.9 Å². The lowest BCUT2D eigenvalue weighted by Crippen LogP contribution is -2.36. The van der Waals surface area contributed by atoms with E-state index in [9.17, 15) is 18.0 Å². The molecule has 246 valence electrons. The van der Waals surface area contributed by atoms with Gasteiger partial charge in [0, 0.05) is 53.7 Å². The summed E-state index contributed by atoms with van der Waals surface area (Å²) in [6.07, 6.45) is 0.573. The Morgan fingerprint density at radius 1 is 1.20 bits per heavy atom. The van der Waals surface area contributed by atoms with Crippen molar-refractivity contribution < 1.29 is 27.5 Å². The standard InChI is InChI=1S/C29H34ClF4N7O2S.CH4/c1-17-5-3-4-8-40(17)15-22-25(18-11-19(29(32,33)34)13-20(30)12-18)37-28(44-22)38-26-24(31)27(36-16-35-26)41-10-6-21(14-41)39(2)9-7-23(42)43;/h11-13,16-17,21H,3-10,14-15H2,1-2H3,(H,42,43)(H,35,36,37,38);1H4/t17-,21+;/m1./s1. The maximum absolute atomic E-state index is 15.8. The predicted molar refractivity (Wildman–Crippen MR) is 169 cm³/mol. The Bertz CT molecular complexity index is 1490. The molecule has 45 heavy (non-hydrogen) atoms. The number of aromatic nitrogens is 3. The van der Waals surface area contributed by atoms with Gasteiger partial charge in [0.2, 0.25) is 5.82 Å². The van der Waals surface area contributed by atoms with Gasteiger partial charge in [-0.05, 0) is 58.0 Å². The molecule has 15 heteroatoms. The molecule has 9 nitrogen and oxygen atoms in total. The van der Waals surface area contributed by atoms with Gasteiger partial charge in [0.25, 0.3) is 0 Å². The number of likely N-dealkylation sites (N-methyl/N-ethyl adjacent to an activating group) is 1. The molecule has 2 aliphatic rings. The summed E-state index contributed by atoms with van der Waals surface area (Å²) in [6.45, 7) is 4.85. The SMILES string of the molecule is C.C[C@@H]1CCCCN1Cc1sc(Nc2ncnc(N3CC[C@H](N(C)CCC(=O)O)C3)c2F)nc1-c1cc(Cl)cc(C(F)(F)F)c1. The largest absolute Gasteiger partial charge is 0.481 e. The molecule has 5 rings (SSSR count). The van der Waals surface area contributed by atoms with Gasteiger partial charge >= 0.3 is 12.1 Å². The Hall–Kier alpha value is -3.07. The summed E-state index contributed by atoms with van der Waals surface area (Å²) < 4.78 is 56.7. The zero-order valence-electron chi connectivity index (χ0n) is 24.4. The predicted octanol–water partition coefficient (Wildman–Crippen LogP) is 7.15. The summed E-state index contributed by atoms with van der Waals surface area (Å²) in [7, 11) is 1.85. The maximum Gasteiger partial charge on any atom is 0.416 e. The molecule has 2 saturated heterocycles. The van der Waals surface area contributed by atoms with Crippen molar-refractivity contribution >= 4 is 45.7 Å². The van der Waals surface area contributed by atoms with Crippen molar-refractivity contribution in [3.05, 3.63) is 45.8 Å². The number of thiazole rings is 1. The van der Waals surface area contributed by atoms with Crippen LogP contribution in [0.25, 0.3) is 11.3 Å². The lowest BCUT2D eigenvalue weighted by atomic mass is 10.0. The monoisotopic (exact) mass is 671 g/mol. The Balaban J connectivity index is 0.00000461. The highest BCUT2D eigenvalue weighted by Crippen LogP contribution is 2.39. The third kappa shape index (κ3) is 8.40. The second kappa shape index (κ2) is 14.6. The van der Waals surface area contributed by atoms with Crippen molar-refractivity contribution in [2.45, 2.75) is 71.3 Å². The van der Waals surface area contributed by atoms with Crippen LogP contribution in [-0.2, 0) is 17.5 Å². The molecule has 0 aliphatic carbocycles. The molecule has 1 aromatic carbocycles. The second-order valence-electron chi connectivity index (χ2n) is 11.3. The number of nitrogens with one attached hydrogen (secondary N) is 1. The number of nitrogens with zero attached hydrogens (tertiary/aromatic N) is 6. The van der Waals surface area contributed by atoms with Crippen molar-refractivity contribution in [1.82, 2.24) is 24.8 Å². The molecule has 0 spiro atoms. The van der Waals surface area contributed by atoms with Crippen LogP contribution in [0.5, 0.6) is 0 Å². The van der Waals surface area contributed by atoms with Crippen LogP contribution in [0.15, 0.2) is 24.5 Å². The Kier molecular flexibility index (Phi) is 11.3. The summed E-state index contributed by atoms with van der Waals surface area (Å²) in [5.74, 6) is -1.54. The quantitative estimate of drug-likeness (QED) is 0.218. The van der Waals surface area contributed by atoms with Gasteiger partial charge in [0.1, 0.15) is 6.33 Å². The molecular formula is C30H38ClF4N7O2S. The number of anilines is 3. The van der Waals surface area contributed by atoms with Crippen LogP contribution in [0.3, 0.4) is 0 Å². The van der Waals surface area contributed by atoms with Crippen LogP contribution in [-0.4, -0.2) is 81.1 Å². The van der Waals surface area contributed by atoms with E-state index < -0.39 is 23.5 Å². The van der Waals surface area contributed by atoms with E-state index in [1.54, 1.807) is 4.90 Å². The Labute approximate surface area is 269 Å². The molecule has 2 atom stereocenters. The van der Waals surface area contributed by atoms with E-state index in [1.165, 1.54) is 23.7 Å². The number of alkyl halides is 3. The number of carbonyl (C=O) groups is 1. The van der Waals surface area contributed by atoms with Gasteiger partial charge in [-0.15, -0.1) is 0 Å². The first-order valence-corrected chi connectivity index (χ1v) is 15.6. The van der Waals surface area contributed by atoms with Crippen molar-refractivity contribution in [3.63, 3.8) is 0 Å². The van der Waals surface area contributed by atoms with E-state index >= 15 is 4.39 Å². The lowest BCUT2D eigenvalue weighted by molar-refractivity contribution is -0.138. The molecule has 0 amide bonds. The zero-order chi connectivity index (χ0) is 31.6. The smallest absolute Gasteiger partial charge is 0.416 e. The van der Waals surface area contributed by atoms with Gasteiger partial charge < -0.3 is 20.2 Å². The first kappa shape index (κ1) is 34.8. The summed E-state index contributed by atoms with van der Waals surface area (Å²) >= 11 is 7.36. The number of hydrogen-bond donors (Lipinski definition) is 2. The topological polar surface area (TPSA) is 97.7 Å². The molecule has 0 saturated carbocycles. The highest BCUT2D eigenvalue weighted by molar-refractivity contribution is 7.16. The van der Waals surface area contributed by atoms with Crippen LogP contribution in [0, 0.1) is 5.82 Å². The Morgan fingerprint density at radius 3 is 2.69 bits per heavy atom. The third-order valence-electron chi connectivity index (χ3n) is 8.24. The zero-order valence-corrected chi connectivity index (χ0v) is 25.9. The first-order valence-electron chi connectivity index (χ1n) is 14.5. The fourth-order valence-electron chi connectivity index (χ4n) is 5.72. The fourth-order valence-corrected chi connectivity index (χ4v) is 6.97. The van der Waals surface area contributed by atoms with Gasteiger partial charge in [-0.25, -0.2) is 15.0 Å². The number of aliphatic carboxylic acids is 1. The highest BCUT2D eigenvalue weighted by Gasteiger charge is 2.33. The number of likely N-dealkylation sites (tertiary alicyclic amines) is 1. The minimum absolute atomic E-state index is 0. The molecule has 0 radical (unpaired) electrons. The lowest BCUT2D eigenvalue weighted by Gasteiger charge is -2.33. The maximum atomic E-state index is 15.8. The van der Waals surface area contributed by atoms with E-state index in [1.807, 2.05) is 11.9 Å². The van der Waals surface area contributed by atoms with E-state index in [-0.39, 0.29) is 47.2 Å². The molecule has 4 heterocycles. The average molecular weight is 672 g/mol. The molecule has 2 N–H and O–H groups in total. The van der Waals surface area contributed by atoms with Crippen LogP contribution in [0.1, 0.15) is 56.9 Å². The van der Waals surface area contributed by atoms with Crippen molar-refractivity contribution in [2.24, 2.45) is 0 Å². The normalized spacial score (nSPS) is 19.2. The van der Waals surface area contributed by atoms with E-state index in [4.69, 9.17) is 16.7 Å². The van der Waals surface area contributed by atoms with Gasteiger partial charge in [-0.2, -0.15) is 17.6 Å². The number of hydrogen-bond acceptors (Lipinski definition) is 9. The minimum atomic E-state index is -4.58. The molecule has 3 aromatic rings. The van der Waals surface area contributed by atoms with E-state index in [0.717, 1.165) is 49.2 Å². The van der Waals surface area contributed by atoms with E-state index in [2.05, 4.69) is 32.1 Å². The van der Waals surface area contributed by atoms with Crippen LogP contribution in [0.2, 0.25) is 5.02 Å². The van der Waals surface area contributed by atoms with Crippen molar-refractivity contribution in [3.8, 4) is 11.3 Å². The number of halogens is 5. The highest BCUT2D eigenvalue weighted by atomic mass is 35.5. The molecule has 2 aliphatic heterocycles. The van der Waals surface area contributed by atoms with Gasteiger partial charge in [0.05, 0.1) is 17.7 Å². The molecule has 2 aromatic heterocycles. The van der Waals surface area contributed by atoms with Crippen molar-refractivity contribution in [1.29, 1.82) is 0 Å². The number of piperidine rings is 1. The fraction of sp³-hybridized carbons (Fsp3) is 0.533. The number of benzene rings is 1. The molecule has 0 unspecified atom stereocenters. The molecule has 2 fully saturated rings. The summed E-state index contributed by atoms with van der Waals surface area (Å²) in [5, 5.41) is 12.2. The minimum Gasteiger partial charge on any atom is -0.481 e. The van der Waals surface area contributed by atoms with Gasteiger partial charge in [-0.1, -0.05) is 36.8 Å². The Morgan fingerprint density at radius 2 is 1.98 bits per heavy atom. The third-order valence-corrected chi connectivity index (χ3v) is 9.42. The summed E-state index contributed by atoms with van der Waals surface area (Å²) in [5.41, 5.74) is -0.290. The van der Waals surface area contributed by atoms with Gasteiger partial charge in [-0.3, -0.25) is 9.69 Å². The van der Waals surface area contributed by atoms with Gasteiger partial charge in [0.15, 0.2) is 16.8 Å². The first-order chi connectivity index (χ1) is 20.9.